The van der Waals surface area contributed by atoms with E-state index >= 15 is 0 Å². The van der Waals surface area contributed by atoms with Gasteiger partial charge in [-0.2, -0.15) is 13.1 Å². The summed E-state index contributed by atoms with van der Waals surface area (Å²) in [4.78, 5) is -1.10. The minimum atomic E-state index is -4.50. The van der Waals surface area contributed by atoms with E-state index in [-0.39, 0.29) is 45.5 Å². The van der Waals surface area contributed by atoms with Crippen molar-refractivity contribution in [3.05, 3.63) is 110 Å². The zero-order valence-corrected chi connectivity index (χ0v) is 27.3. The summed E-state index contributed by atoms with van der Waals surface area (Å²) in [5.41, 5.74) is 1.22. The molecule has 0 aromatic heterocycles. The number of hydrogen-bond acceptors (Lipinski definition) is 7. The standard InChI is InChI=1S/C28H22Cl4F2N2O7S2/c29-19-9-22(31)26(37)24(11-19)44(39,40)35-13-17-2-1-3-18(8-17)15-36(14-16-4-6-21(7-5-16)43-28(33)34)45(41,42)25-12-20(30)10-23(32)27(25)38/h1-12,28,35,37-38H,13-15H2. The number of nitrogens with one attached hydrogen (secondary N) is 1. The first-order chi connectivity index (χ1) is 21.1. The molecule has 0 heterocycles. The Morgan fingerprint density at radius 3 is 1.87 bits per heavy atom. The van der Waals surface area contributed by atoms with Crippen LogP contribution in [0, 0.1) is 0 Å². The lowest BCUT2D eigenvalue weighted by Crippen LogP contribution is -2.30. The minimum absolute atomic E-state index is 0.00955. The van der Waals surface area contributed by atoms with Crippen molar-refractivity contribution in [2.45, 2.75) is 36.0 Å². The molecule has 0 saturated carbocycles. The van der Waals surface area contributed by atoms with Crippen molar-refractivity contribution in [3.8, 4) is 17.2 Å². The molecule has 4 aromatic carbocycles. The summed E-state index contributed by atoms with van der Waals surface area (Å²) in [7, 11) is -8.78. The highest BCUT2D eigenvalue weighted by Gasteiger charge is 2.30. The predicted molar refractivity (Wildman–Crippen MR) is 166 cm³/mol. The lowest BCUT2D eigenvalue weighted by molar-refractivity contribution is -0.0498. The summed E-state index contributed by atoms with van der Waals surface area (Å²) < 4.78 is 86.3. The fraction of sp³-hybridized carbons (Fsp3) is 0.143. The summed E-state index contributed by atoms with van der Waals surface area (Å²) in [6.07, 6.45) is 0. The molecule has 0 atom stereocenters. The van der Waals surface area contributed by atoms with Crippen molar-refractivity contribution in [1.29, 1.82) is 0 Å². The first-order valence-corrected chi connectivity index (χ1v) is 17.0. The largest absolute Gasteiger partial charge is 0.505 e. The van der Waals surface area contributed by atoms with Crippen LogP contribution in [0.3, 0.4) is 0 Å². The third-order valence-electron chi connectivity index (χ3n) is 6.22. The number of sulfonamides is 2. The lowest BCUT2D eigenvalue weighted by Gasteiger charge is -2.24. The molecule has 45 heavy (non-hydrogen) atoms. The number of rotatable bonds is 12. The summed E-state index contributed by atoms with van der Waals surface area (Å²) in [5.74, 6) is -1.54. The molecule has 4 rings (SSSR count). The lowest BCUT2D eigenvalue weighted by atomic mass is 10.1. The van der Waals surface area contributed by atoms with Gasteiger partial charge in [-0.3, -0.25) is 0 Å². The number of phenols is 2. The monoisotopic (exact) mass is 740 g/mol. The SMILES string of the molecule is O=S(=O)(NCc1cccc(CN(Cc2ccc(OC(F)F)cc2)S(=O)(=O)c2cc(Cl)cc(Cl)c2O)c1)c1cc(Cl)cc(Cl)c1O. The molecule has 0 aliphatic rings. The van der Waals surface area contributed by atoms with E-state index in [2.05, 4.69) is 9.46 Å². The number of ether oxygens (including phenoxy) is 1. The third-order valence-corrected chi connectivity index (χ3v) is 10.5. The molecule has 4 aromatic rings. The van der Waals surface area contributed by atoms with E-state index in [9.17, 15) is 35.8 Å². The van der Waals surface area contributed by atoms with Crippen LogP contribution < -0.4 is 9.46 Å². The Bertz CT molecular complexity index is 1930. The Kier molecular flexibility index (Phi) is 11.1. The molecule has 0 amide bonds. The first kappa shape index (κ1) is 35.0. The van der Waals surface area contributed by atoms with Crippen LogP contribution in [-0.4, -0.2) is 38.0 Å². The van der Waals surface area contributed by atoms with Crippen LogP contribution in [-0.2, 0) is 39.7 Å². The van der Waals surface area contributed by atoms with Gasteiger partial charge in [0.2, 0.25) is 20.0 Å². The highest BCUT2D eigenvalue weighted by molar-refractivity contribution is 7.89. The van der Waals surface area contributed by atoms with Gasteiger partial charge in [-0.15, -0.1) is 0 Å². The maximum absolute atomic E-state index is 13.9. The van der Waals surface area contributed by atoms with Gasteiger partial charge in [0, 0.05) is 29.7 Å². The summed E-state index contributed by atoms with van der Waals surface area (Å²) in [5, 5.41) is 20.1. The van der Waals surface area contributed by atoms with Crippen molar-refractivity contribution in [3.63, 3.8) is 0 Å². The number of alkyl halides is 2. The van der Waals surface area contributed by atoms with Crippen LogP contribution in [0.2, 0.25) is 20.1 Å². The molecule has 240 valence electrons. The van der Waals surface area contributed by atoms with E-state index in [1.807, 2.05) is 0 Å². The molecule has 0 radical (unpaired) electrons. The van der Waals surface area contributed by atoms with Gasteiger partial charge in [-0.05, 0) is 53.1 Å². The van der Waals surface area contributed by atoms with E-state index in [1.165, 1.54) is 36.4 Å². The van der Waals surface area contributed by atoms with Gasteiger partial charge < -0.3 is 14.9 Å². The Hall–Kier alpha value is -2.88. The number of nitrogens with zero attached hydrogens (tertiary/aromatic N) is 1. The highest BCUT2D eigenvalue weighted by Crippen LogP contribution is 2.37. The Morgan fingerprint density at radius 2 is 1.27 bits per heavy atom. The van der Waals surface area contributed by atoms with Crippen LogP contribution in [0.25, 0.3) is 0 Å². The van der Waals surface area contributed by atoms with Crippen LogP contribution in [0.4, 0.5) is 8.78 Å². The molecule has 17 heteroatoms. The van der Waals surface area contributed by atoms with Crippen LogP contribution in [0.1, 0.15) is 16.7 Å². The van der Waals surface area contributed by atoms with E-state index < -0.39 is 47.9 Å². The normalized spacial score (nSPS) is 12.2. The second-order valence-corrected chi connectivity index (χ2v) is 14.7. The first-order valence-electron chi connectivity index (χ1n) is 12.5. The van der Waals surface area contributed by atoms with Crippen LogP contribution in [0.5, 0.6) is 17.2 Å². The highest BCUT2D eigenvalue weighted by atomic mass is 35.5. The number of hydrogen-bond donors (Lipinski definition) is 3. The molecule has 0 fully saturated rings. The van der Waals surface area contributed by atoms with E-state index in [0.29, 0.717) is 16.7 Å². The van der Waals surface area contributed by atoms with Crippen LogP contribution >= 0.6 is 46.4 Å². The summed E-state index contributed by atoms with van der Waals surface area (Å²) in [6.45, 7) is -3.88. The van der Waals surface area contributed by atoms with Crippen LogP contribution in [0.15, 0.2) is 82.6 Å². The summed E-state index contributed by atoms with van der Waals surface area (Å²) in [6, 6.07) is 16.0. The quantitative estimate of drug-likeness (QED) is 0.140. The number of halogens is 6. The molecule has 0 aliphatic heterocycles. The Morgan fingerprint density at radius 1 is 0.733 bits per heavy atom. The fourth-order valence-corrected chi connectivity index (χ4v) is 8.06. The molecule has 0 bridgehead atoms. The molecule has 0 spiro atoms. The molecule has 9 nitrogen and oxygen atoms in total. The van der Waals surface area contributed by atoms with Gasteiger partial charge in [-0.25, -0.2) is 21.6 Å². The molecule has 0 aliphatic carbocycles. The van der Waals surface area contributed by atoms with E-state index in [1.54, 1.807) is 24.3 Å². The van der Waals surface area contributed by atoms with Crippen molar-refractivity contribution < 1.29 is 40.6 Å². The average molecular weight is 742 g/mol. The zero-order valence-electron chi connectivity index (χ0n) is 22.6. The van der Waals surface area contributed by atoms with Crippen molar-refractivity contribution >= 4 is 66.5 Å². The maximum atomic E-state index is 13.9. The number of benzene rings is 4. The minimum Gasteiger partial charge on any atom is -0.505 e. The number of aromatic hydroxyl groups is 2. The Balaban J connectivity index is 1.64. The fourth-order valence-electron chi connectivity index (χ4n) is 4.13. The van der Waals surface area contributed by atoms with Crippen molar-refractivity contribution in [1.82, 2.24) is 9.03 Å². The summed E-state index contributed by atoms with van der Waals surface area (Å²) >= 11 is 23.8. The van der Waals surface area contributed by atoms with Gasteiger partial charge in [0.25, 0.3) is 0 Å². The third kappa shape index (κ3) is 8.69. The van der Waals surface area contributed by atoms with Gasteiger partial charge in [0.05, 0.1) is 10.0 Å². The maximum Gasteiger partial charge on any atom is 0.387 e. The Labute approximate surface area is 277 Å². The topological polar surface area (TPSA) is 133 Å². The second kappa shape index (κ2) is 14.3. The van der Waals surface area contributed by atoms with Crippen molar-refractivity contribution in [2.75, 3.05) is 0 Å². The zero-order chi connectivity index (χ0) is 33.1. The van der Waals surface area contributed by atoms with Gasteiger partial charge in [-0.1, -0.05) is 82.8 Å². The van der Waals surface area contributed by atoms with E-state index in [0.717, 1.165) is 16.4 Å². The smallest absolute Gasteiger partial charge is 0.387 e. The number of phenolic OH excluding ortho intramolecular Hbond substituents is 2. The van der Waals surface area contributed by atoms with E-state index in [4.69, 9.17) is 46.4 Å². The van der Waals surface area contributed by atoms with Gasteiger partial charge in [0.1, 0.15) is 15.5 Å². The molecule has 3 N–H and O–H groups in total. The molecular weight excluding hydrogens is 720 g/mol. The van der Waals surface area contributed by atoms with Gasteiger partial charge >= 0.3 is 6.61 Å². The molecular formula is C28H22Cl4F2N2O7S2. The van der Waals surface area contributed by atoms with Crippen molar-refractivity contribution in [2.24, 2.45) is 0 Å². The van der Waals surface area contributed by atoms with Gasteiger partial charge in [0.15, 0.2) is 11.5 Å². The predicted octanol–water partition coefficient (Wildman–Crippen LogP) is 7.18. The second-order valence-electron chi connectivity index (χ2n) is 9.41. The molecule has 0 saturated heterocycles. The molecule has 0 unspecified atom stereocenters. The average Bonchev–Trinajstić information content (AvgIpc) is 2.96.